The molecule has 1 aromatic carbocycles. The van der Waals surface area contributed by atoms with Crippen molar-refractivity contribution in [3.63, 3.8) is 0 Å². The van der Waals surface area contributed by atoms with Gasteiger partial charge in [0.15, 0.2) is 0 Å². The van der Waals surface area contributed by atoms with Crippen LogP contribution in [0.25, 0.3) is 10.9 Å². The number of β-amino-alcohol motifs (C(OH)–C–C–N with tert-alkyl or cyclic N) is 1. The number of amides is 1. The lowest BCUT2D eigenvalue weighted by Crippen LogP contribution is -2.30. The maximum absolute atomic E-state index is 13.5. The zero-order chi connectivity index (χ0) is 24.1. The fourth-order valence-corrected chi connectivity index (χ4v) is 4.03. The summed E-state index contributed by atoms with van der Waals surface area (Å²) in [5.41, 5.74) is -1.33. The quantitative estimate of drug-likeness (QED) is 0.553. The van der Waals surface area contributed by atoms with Crippen LogP contribution in [0.3, 0.4) is 0 Å². The van der Waals surface area contributed by atoms with Crippen LogP contribution >= 0.6 is 0 Å². The number of ether oxygens (including phenoxy) is 2. The van der Waals surface area contributed by atoms with Crippen molar-refractivity contribution >= 4 is 28.4 Å². The molecule has 1 atom stereocenters. The van der Waals surface area contributed by atoms with Gasteiger partial charge in [0.2, 0.25) is 5.91 Å². The van der Waals surface area contributed by atoms with Crippen molar-refractivity contribution in [3.8, 4) is 11.8 Å². The molecule has 0 aliphatic carbocycles. The van der Waals surface area contributed by atoms with E-state index in [4.69, 9.17) is 9.47 Å². The van der Waals surface area contributed by atoms with E-state index >= 15 is 0 Å². The van der Waals surface area contributed by atoms with Crippen LogP contribution in [0.4, 0.5) is 24.8 Å². The van der Waals surface area contributed by atoms with Gasteiger partial charge in [-0.05, 0) is 19.1 Å². The Balaban J connectivity index is 1.55. The van der Waals surface area contributed by atoms with Gasteiger partial charge >= 0.3 is 12.2 Å². The van der Waals surface area contributed by atoms with Gasteiger partial charge in [-0.2, -0.15) is 23.1 Å². The molecule has 1 unspecified atom stereocenters. The third-order valence-corrected chi connectivity index (χ3v) is 5.56. The molecule has 5 rings (SSSR count). The Kier molecular flexibility index (Phi) is 5.19. The average Bonchev–Trinajstić information content (AvgIpc) is 3.04. The van der Waals surface area contributed by atoms with Crippen LogP contribution in [0.5, 0.6) is 11.8 Å². The largest absolute Gasteiger partial charge is 0.489 e. The molecule has 0 spiro atoms. The number of carbonyl (C=O) groups excluding carboxylic acids is 1. The number of rotatable bonds is 1. The highest BCUT2D eigenvalue weighted by Gasteiger charge is 2.39. The summed E-state index contributed by atoms with van der Waals surface area (Å²) in [4.78, 5) is 26.7. The van der Waals surface area contributed by atoms with Crippen molar-refractivity contribution in [3.05, 3.63) is 41.6 Å². The predicted octanol–water partition coefficient (Wildman–Crippen LogP) is 2.91. The molecule has 9 nitrogen and oxygen atoms in total. The Morgan fingerprint density at radius 3 is 2.74 bits per heavy atom. The zero-order valence-corrected chi connectivity index (χ0v) is 18.0. The number of hydrogen-bond donors (Lipinski definition) is 2. The molecule has 178 valence electrons. The third-order valence-electron chi connectivity index (χ3n) is 5.56. The van der Waals surface area contributed by atoms with Crippen LogP contribution in [0.15, 0.2) is 30.5 Å². The van der Waals surface area contributed by atoms with Gasteiger partial charge in [-0.15, -0.1) is 0 Å². The highest BCUT2D eigenvalue weighted by molar-refractivity contribution is 5.99. The zero-order valence-electron chi connectivity index (χ0n) is 18.0. The summed E-state index contributed by atoms with van der Waals surface area (Å²) in [7, 11) is 0. The van der Waals surface area contributed by atoms with E-state index in [0.717, 1.165) is 6.07 Å². The fourth-order valence-electron chi connectivity index (χ4n) is 4.03. The van der Waals surface area contributed by atoms with Gasteiger partial charge in [-0.25, -0.2) is 4.98 Å². The van der Waals surface area contributed by atoms with E-state index in [-0.39, 0.29) is 50.4 Å². The first-order valence-corrected chi connectivity index (χ1v) is 10.5. The molecule has 4 heterocycles. The Hall–Kier alpha value is -3.67. The normalized spacial score (nSPS) is 20.7. The lowest BCUT2D eigenvalue weighted by Gasteiger charge is -2.19. The summed E-state index contributed by atoms with van der Waals surface area (Å²) in [5, 5.41) is 13.8. The first-order valence-electron chi connectivity index (χ1n) is 10.5. The van der Waals surface area contributed by atoms with Gasteiger partial charge in [0.05, 0.1) is 35.8 Å². The number of aliphatic hydroxyl groups is 1. The van der Waals surface area contributed by atoms with E-state index in [9.17, 15) is 23.1 Å². The first kappa shape index (κ1) is 22.1. The van der Waals surface area contributed by atoms with Crippen molar-refractivity contribution in [1.82, 2.24) is 15.0 Å². The molecule has 12 heteroatoms. The van der Waals surface area contributed by atoms with E-state index in [1.807, 2.05) is 0 Å². The fraction of sp³-hybridized carbons (Fsp3) is 0.364. The molecule has 1 amide bonds. The van der Waals surface area contributed by atoms with Crippen LogP contribution < -0.4 is 19.7 Å². The average molecular weight is 475 g/mol. The second-order valence-corrected chi connectivity index (χ2v) is 8.41. The molecule has 2 aliphatic heterocycles. The number of anilines is 2. The van der Waals surface area contributed by atoms with Crippen LogP contribution in [-0.4, -0.2) is 51.3 Å². The summed E-state index contributed by atoms with van der Waals surface area (Å²) in [6, 6.07) is 5.44. The van der Waals surface area contributed by atoms with Gasteiger partial charge in [0.25, 0.3) is 0 Å². The number of nitrogens with one attached hydrogen (secondary N) is 1. The Morgan fingerprint density at radius 1 is 1.21 bits per heavy atom. The molecule has 0 radical (unpaired) electrons. The van der Waals surface area contributed by atoms with E-state index in [0.29, 0.717) is 28.1 Å². The number of pyridine rings is 1. The predicted molar refractivity (Wildman–Crippen MR) is 115 cm³/mol. The van der Waals surface area contributed by atoms with Crippen LogP contribution in [0, 0.1) is 0 Å². The van der Waals surface area contributed by atoms with E-state index in [2.05, 4.69) is 20.3 Å². The second-order valence-electron chi connectivity index (χ2n) is 8.41. The van der Waals surface area contributed by atoms with E-state index < -0.39 is 17.3 Å². The first-order chi connectivity index (χ1) is 16.1. The second kappa shape index (κ2) is 7.97. The smallest absolute Gasteiger partial charge is 0.419 e. The van der Waals surface area contributed by atoms with Crippen molar-refractivity contribution in [2.45, 2.75) is 31.7 Å². The monoisotopic (exact) mass is 475 g/mol. The molecule has 2 aromatic heterocycles. The lowest BCUT2D eigenvalue weighted by atomic mass is 10.1. The van der Waals surface area contributed by atoms with Crippen LogP contribution in [0.2, 0.25) is 0 Å². The topological polar surface area (TPSA) is 110 Å². The van der Waals surface area contributed by atoms with E-state index in [1.54, 1.807) is 19.1 Å². The van der Waals surface area contributed by atoms with Crippen molar-refractivity contribution < 1.29 is 32.5 Å². The molecule has 2 aliphatic rings. The lowest BCUT2D eigenvalue weighted by molar-refractivity contribution is -0.139. The minimum atomic E-state index is -4.58. The molecule has 1 fully saturated rings. The Labute approximate surface area is 191 Å². The standard InChI is InChI=1S/C22H20F3N5O4/c1-21(32)8-17(31)30(11-21)16-7-13-15(10-26-16)28-20-29-19(13)27-9-12-3-2-4-14(22(23,24)25)18(12)33-5-6-34-20/h2-4,7,10,32H,5-6,8-9,11H2,1H3,(H,27,28,29). The Bertz CT molecular complexity index is 1280. The maximum Gasteiger partial charge on any atom is 0.419 e. The van der Waals surface area contributed by atoms with Gasteiger partial charge in [0, 0.05) is 17.5 Å². The summed E-state index contributed by atoms with van der Waals surface area (Å²) in [6.07, 6.45) is -3.16. The maximum atomic E-state index is 13.5. The van der Waals surface area contributed by atoms with Gasteiger partial charge in [0.1, 0.15) is 30.6 Å². The number of carbonyl (C=O) groups is 1. The molecule has 0 saturated carbocycles. The summed E-state index contributed by atoms with van der Waals surface area (Å²) in [6.45, 7) is 1.44. The SMILES string of the molecule is CC1(O)CC(=O)N(c2cc3c4nc(nc3cn2)OCCOc2c(cccc2C(F)(F)F)CN4)C1. The summed E-state index contributed by atoms with van der Waals surface area (Å²) < 4.78 is 51.6. The molecule has 2 N–H and O–H groups in total. The number of nitrogens with zero attached hydrogens (tertiary/aromatic N) is 4. The Morgan fingerprint density at radius 2 is 2.00 bits per heavy atom. The van der Waals surface area contributed by atoms with Crippen molar-refractivity contribution in [2.75, 3.05) is 30.0 Å². The number of para-hydroxylation sites is 1. The van der Waals surface area contributed by atoms with Crippen molar-refractivity contribution in [2.24, 2.45) is 0 Å². The molecule has 34 heavy (non-hydrogen) atoms. The molecule has 2 bridgehead atoms. The van der Waals surface area contributed by atoms with Gasteiger partial charge in [-0.1, -0.05) is 12.1 Å². The number of aromatic nitrogens is 3. The number of fused-ring (bicyclic) bond motifs is 5. The highest BCUT2D eigenvalue weighted by Crippen LogP contribution is 2.39. The molecular formula is C22H20F3N5O4. The van der Waals surface area contributed by atoms with E-state index in [1.165, 1.54) is 17.2 Å². The van der Waals surface area contributed by atoms with Crippen LogP contribution in [-0.2, 0) is 17.5 Å². The number of benzene rings is 1. The number of alkyl halides is 3. The summed E-state index contributed by atoms with van der Waals surface area (Å²) >= 11 is 0. The third kappa shape index (κ3) is 4.16. The van der Waals surface area contributed by atoms with Gasteiger partial charge in [-0.3, -0.25) is 9.69 Å². The number of hydrogen-bond acceptors (Lipinski definition) is 8. The highest BCUT2D eigenvalue weighted by atomic mass is 19.4. The minimum absolute atomic E-state index is 0.00957. The molecule has 3 aromatic rings. The number of halogens is 3. The van der Waals surface area contributed by atoms with Crippen molar-refractivity contribution in [1.29, 1.82) is 0 Å². The molecule has 1 saturated heterocycles. The van der Waals surface area contributed by atoms with Crippen LogP contribution in [0.1, 0.15) is 24.5 Å². The summed E-state index contributed by atoms with van der Waals surface area (Å²) in [5.74, 6) is 0.0600. The minimum Gasteiger partial charge on any atom is -0.489 e. The molecular weight excluding hydrogens is 455 g/mol. The van der Waals surface area contributed by atoms with Gasteiger partial charge < -0.3 is 19.9 Å².